The van der Waals surface area contributed by atoms with E-state index in [0.29, 0.717) is 6.54 Å². The zero-order valence-corrected chi connectivity index (χ0v) is 14.3. The summed E-state index contributed by atoms with van der Waals surface area (Å²) in [6.45, 7) is 2.39. The molecule has 2 aromatic rings. The molecule has 118 valence electrons. The van der Waals surface area contributed by atoms with Crippen molar-refractivity contribution in [3.63, 3.8) is 0 Å². The van der Waals surface area contributed by atoms with E-state index in [0.717, 1.165) is 21.4 Å². The second kappa shape index (κ2) is 6.54. The molecule has 1 unspecified atom stereocenters. The molecule has 0 aromatic heterocycles. The predicted molar refractivity (Wildman–Crippen MR) is 94.4 cm³/mol. The SMILES string of the molecule is Cc1cc(Br)cc(NC(=O)C2CC(=O)N(c3ccccc3)C2)c1. The van der Waals surface area contributed by atoms with Crippen LogP contribution in [0.4, 0.5) is 11.4 Å². The van der Waals surface area contributed by atoms with Crippen LogP contribution in [0.15, 0.2) is 53.0 Å². The zero-order chi connectivity index (χ0) is 16.4. The van der Waals surface area contributed by atoms with Crippen molar-refractivity contribution >= 4 is 39.1 Å². The van der Waals surface area contributed by atoms with Gasteiger partial charge in [0.15, 0.2) is 0 Å². The van der Waals surface area contributed by atoms with Crippen LogP contribution < -0.4 is 10.2 Å². The summed E-state index contributed by atoms with van der Waals surface area (Å²) < 4.78 is 0.918. The maximum atomic E-state index is 12.5. The van der Waals surface area contributed by atoms with Gasteiger partial charge in [-0.3, -0.25) is 9.59 Å². The van der Waals surface area contributed by atoms with Gasteiger partial charge in [-0.2, -0.15) is 0 Å². The topological polar surface area (TPSA) is 49.4 Å². The number of aryl methyl sites for hydroxylation is 1. The van der Waals surface area contributed by atoms with Crippen molar-refractivity contribution in [1.82, 2.24) is 0 Å². The van der Waals surface area contributed by atoms with Crippen molar-refractivity contribution in [3.05, 3.63) is 58.6 Å². The summed E-state index contributed by atoms with van der Waals surface area (Å²) in [5.74, 6) is -0.460. The molecule has 1 saturated heterocycles. The number of nitrogens with zero attached hydrogens (tertiary/aromatic N) is 1. The van der Waals surface area contributed by atoms with Crippen LogP contribution in [0.3, 0.4) is 0 Å². The highest BCUT2D eigenvalue weighted by molar-refractivity contribution is 9.10. The minimum Gasteiger partial charge on any atom is -0.326 e. The molecule has 2 amide bonds. The number of rotatable bonds is 3. The summed E-state index contributed by atoms with van der Waals surface area (Å²) in [4.78, 5) is 26.3. The van der Waals surface area contributed by atoms with Crippen LogP contribution >= 0.6 is 15.9 Å². The van der Waals surface area contributed by atoms with Crippen molar-refractivity contribution in [2.75, 3.05) is 16.8 Å². The van der Waals surface area contributed by atoms with Gasteiger partial charge in [-0.1, -0.05) is 34.1 Å². The van der Waals surface area contributed by atoms with E-state index < -0.39 is 0 Å². The molecule has 1 atom stereocenters. The third-order valence-electron chi connectivity index (χ3n) is 3.87. The van der Waals surface area contributed by atoms with E-state index in [-0.39, 0.29) is 24.2 Å². The van der Waals surface area contributed by atoms with E-state index in [2.05, 4.69) is 21.2 Å². The maximum absolute atomic E-state index is 12.5. The third kappa shape index (κ3) is 3.62. The Kier molecular flexibility index (Phi) is 4.48. The van der Waals surface area contributed by atoms with Gasteiger partial charge in [-0.15, -0.1) is 0 Å². The number of para-hydroxylation sites is 1. The van der Waals surface area contributed by atoms with Crippen molar-refractivity contribution in [2.24, 2.45) is 5.92 Å². The first-order valence-electron chi connectivity index (χ1n) is 7.46. The minimum absolute atomic E-state index is 0.0122. The average Bonchev–Trinajstić information content (AvgIpc) is 2.89. The highest BCUT2D eigenvalue weighted by Gasteiger charge is 2.35. The van der Waals surface area contributed by atoms with E-state index >= 15 is 0 Å². The standard InChI is InChI=1S/C18H17BrN2O2/c1-12-7-14(19)10-15(8-12)20-18(23)13-9-17(22)21(11-13)16-5-3-2-4-6-16/h2-8,10,13H,9,11H2,1H3,(H,20,23). The summed E-state index contributed by atoms with van der Waals surface area (Å²) >= 11 is 3.42. The molecule has 4 nitrogen and oxygen atoms in total. The Bertz CT molecular complexity index is 726. The summed E-state index contributed by atoms with van der Waals surface area (Å²) in [6, 6.07) is 15.2. The molecule has 2 aromatic carbocycles. The predicted octanol–water partition coefficient (Wildman–Crippen LogP) is 3.75. The molecular formula is C18H17BrN2O2. The first kappa shape index (κ1) is 15.7. The summed E-state index contributed by atoms with van der Waals surface area (Å²) in [5, 5.41) is 2.91. The number of amides is 2. The lowest BCUT2D eigenvalue weighted by molar-refractivity contribution is -0.122. The lowest BCUT2D eigenvalue weighted by atomic mass is 10.1. The monoisotopic (exact) mass is 372 g/mol. The maximum Gasteiger partial charge on any atom is 0.229 e. The van der Waals surface area contributed by atoms with Gasteiger partial charge in [0, 0.05) is 28.8 Å². The number of benzene rings is 2. The largest absolute Gasteiger partial charge is 0.326 e. The van der Waals surface area contributed by atoms with Gasteiger partial charge in [0.1, 0.15) is 0 Å². The molecule has 0 radical (unpaired) electrons. The van der Waals surface area contributed by atoms with Gasteiger partial charge in [-0.25, -0.2) is 0 Å². The van der Waals surface area contributed by atoms with Crippen molar-refractivity contribution in [3.8, 4) is 0 Å². The Labute approximate surface area is 143 Å². The number of carbonyl (C=O) groups excluding carboxylic acids is 2. The van der Waals surface area contributed by atoms with Crippen LogP contribution in [0.2, 0.25) is 0 Å². The highest BCUT2D eigenvalue weighted by atomic mass is 79.9. The molecule has 1 N–H and O–H groups in total. The van der Waals surface area contributed by atoms with Crippen LogP contribution in [0.25, 0.3) is 0 Å². The van der Waals surface area contributed by atoms with E-state index in [9.17, 15) is 9.59 Å². The third-order valence-corrected chi connectivity index (χ3v) is 4.33. The summed E-state index contributed by atoms with van der Waals surface area (Å²) in [6.07, 6.45) is 0.244. The van der Waals surface area contributed by atoms with Crippen molar-refractivity contribution < 1.29 is 9.59 Å². The molecule has 0 bridgehead atoms. The number of halogens is 1. The molecular weight excluding hydrogens is 356 g/mol. The Morgan fingerprint density at radius 1 is 1.22 bits per heavy atom. The smallest absolute Gasteiger partial charge is 0.229 e. The first-order valence-corrected chi connectivity index (χ1v) is 8.26. The fraction of sp³-hybridized carbons (Fsp3) is 0.222. The van der Waals surface area contributed by atoms with Crippen LogP contribution in [0, 0.1) is 12.8 Å². The average molecular weight is 373 g/mol. The number of hydrogen-bond donors (Lipinski definition) is 1. The molecule has 0 spiro atoms. The Morgan fingerprint density at radius 2 is 1.96 bits per heavy atom. The van der Waals surface area contributed by atoms with Gasteiger partial charge in [-0.05, 0) is 42.8 Å². The van der Waals surface area contributed by atoms with E-state index in [1.54, 1.807) is 4.90 Å². The van der Waals surface area contributed by atoms with Crippen molar-refractivity contribution in [1.29, 1.82) is 0 Å². The highest BCUT2D eigenvalue weighted by Crippen LogP contribution is 2.26. The van der Waals surface area contributed by atoms with Crippen LogP contribution in [-0.4, -0.2) is 18.4 Å². The van der Waals surface area contributed by atoms with Gasteiger partial charge < -0.3 is 10.2 Å². The number of carbonyl (C=O) groups is 2. The Hall–Kier alpha value is -2.14. The molecule has 1 aliphatic rings. The van der Waals surface area contributed by atoms with Crippen LogP contribution in [-0.2, 0) is 9.59 Å². The Morgan fingerprint density at radius 3 is 2.65 bits per heavy atom. The van der Waals surface area contributed by atoms with E-state index in [1.807, 2.05) is 55.5 Å². The number of nitrogens with one attached hydrogen (secondary N) is 1. The van der Waals surface area contributed by atoms with Gasteiger partial charge >= 0.3 is 0 Å². The summed E-state index contributed by atoms with van der Waals surface area (Å²) in [7, 11) is 0. The molecule has 0 aliphatic carbocycles. The van der Waals surface area contributed by atoms with E-state index in [1.165, 1.54) is 0 Å². The molecule has 3 rings (SSSR count). The normalized spacial score (nSPS) is 17.4. The van der Waals surface area contributed by atoms with Crippen LogP contribution in [0.5, 0.6) is 0 Å². The summed E-state index contributed by atoms with van der Waals surface area (Å²) in [5.41, 5.74) is 2.64. The zero-order valence-electron chi connectivity index (χ0n) is 12.8. The second-order valence-electron chi connectivity index (χ2n) is 5.75. The lowest BCUT2D eigenvalue weighted by Crippen LogP contribution is -2.28. The molecule has 0 saturated carbocycles. The van der Waals surface area contributed by atoms with Gasteiger partial charge in [0.25, 0.3) is 0 Å². The number of anilines is 2. The van der Waals surface area contributed by atoms with Gasteiger partial charge in [0.2, 0.25) is 11.8 Å². The lowest BCUT2D eigenvalue weighted by Gasteiger charge is -2.16. The second-order valence-corrected chi connectivity index (χ2v) is 6.66. The molecule has 1 aliphatic heterocycles. The van der Waals surface area contributed by atoms with Crippen molar-refractivity contribution in [2.45, 2.75) is 13.3 Å². The fourth-order valence-electron chi connectivity index (χ4n) is 2.79. The Balaban J connectivity index is 1.70. The number of hydrogen-bond acceptors (Lipinski definition) is 2. The quantitative estimate of drug-likeness (QED) is 0.891. The fourth-order valence-corrected chi connectivity index (χ4v) is 3.40. The van der Waals surface area contributed by atoms with Crippen LogP contribution in [0.1, 0.15) is 12.0 Å². The van der Waals surface area contributed by atoms with E-state index in [4.69, 9.17) is 0 Å². The minimum atomic E-state index is -0.331. The molecule has 1 fully saturated rings. The first-order chi connectivity index (χ1) is 11.0. The molecule has 1 heterocycles. The van der Waals surface area contributed by atoms with Gasteiger partial charge in [0.05, 0.1) is 5.92 Å². The molecule has 23 heavy (non-hydrogen) atoms. The molecule has 5 heteroatoms.